The van der Waals surface area contributed by atoms with Gasteiger partial charge in [0.05, 0.1) is 12.8 Å². The van der Waals surface area contributed by atoms with Crippen molar-refractivity contribution in [3.05, 3.63) is 41.0 Å². The molecule has 0 radical (unpaired) electrons. The Morgan fingerprint density at radius 1 is 1.33 bits per heavy atom. The summed E-state index contributed by atoms with van der Waals surface area (Å²) < 4.78 is 7.79. The average molecular weight is 283 g/mol. The lowest BCUT2D eigenvalue weighted by molar-refractivity contribution is 0.411. The standard InChI is InChI=1S/C17H21N3O/c1-11-9-13(5-6-16(11)21-2)20-15-7-8-18-10-14(15)19-17(20)12-3-4-12/h5-6,9,12,18H,3-4,7-8,10H2,1-2H3. The fourth-order valence-electron chi connectivity index (χ4n) is 3.24. The van der Waals surface area contributed by atoms with Crippen molar-refractivity contribution in [3.8, 4) is 11.4 Å². The zero-order valence-corrected chi connectivity index (χ0v) is 12.6. The summed E-state index contributed by atoms with van der Waals surface area (Å²) >= 11 is 0. The molecule has 1 aliphatic carbocycles. The van der Waals surface area contributed by atoms with Crippen molar-refractivity contribution in [2.45, 2.75) is 38.6 Å². The maximum Gasteiger partial charge on any atom is 0.121 e. The van der Waals surface area contributed by atoms with Gasteiger partial charge in [0.25, 0.3) is 0 Å². The predicted octanol–water partition coefficient (Wildman–Crippen LogP) is 2.71. The highest BCUT2D eigenvalue weighted by molar-refractivity contribution is 5.47. The molecule has 2 heterocycles. The van der Waals surface area contributed by atoms with Crippen LogP contribution in [0.15, 0.2) is 18.2 Å². The van der Waals surface area contributed by atoms with Crippen LogP contribution in [0.25, 0.3) is 5.69 Å². The van der Waals surface area contributed by atoms with Gasteiger partial charge in [0.15, 0.2) is 0 Å². The Morgan fingerprint density at radius 2 is 2.19 bits per heavy atom. The van der Waals surface area contributed by atoms with Gasteiger partial charge in [0, 0.05) is 36.8 Å². The molecule has 0 unspecified atom stereocenters. The third-order valence-electron chi connectivity index (χ3n) is 4.49. The van der Waals surface area contributed by atoms with Crippen LogP contribution >= 0.6 is 0 Å². The van der Waals surface area contributed by atoms with E-state index >= 15 is 0 Å². The van der Waals surface area contributed by atoms with Crippen LogP contribution in [0.1, 0.15) is 41.5 Å². The Kier molecular flexibility index (Phi) is 3.00. The molecule has 0 bridgehead atoms. The van der Waals surface area contributed by atoms with Crippen LogP contribution in [-0.2, 0) is 13.0 Å². The van der Waals surface area contributed by atoms with Gasteiger partial charge in [-0.3, -0.25) is 0 Å². The summed E-state index contributed by atoms with van der Waals surface area (Å²) in [5.41, 5.74) is 5.02. The van der Waals surface area contributed by atoms with E-state index in [-0.39, 0.29) is 0 Å². The Hall–Kier alpha value is -1.81. The van der Waals surface area contributed by atoms with Crippen molar-refractivity contribution >= 4 is 0 Å². The zero-order valence-electron chi connectivity index (χ0n) is 12.6. The Morgan fingerprint density at radius 3 is 2.90 bits per heavy atom. The van der Waals surface area contributed by atoms with Gasteiger partial charge in [-0.2, -0.15) is 0 Å². The lowest BCUT2D eigenvalue weighted by Crippen LogP contribution is -2.24. The van der Waals surface area contributed by atoms with Gasteiger partial charge >= 0.3 is 0 Å². The van der Waals surface area contributed by atoms with E-state index in [4.69, 9.17) is 9.72 Å². The first kappa shape index (κ1) is 12.9. The lowest BCUT2D eigenvalue weighted by Gasteiger charge is -2.17. The van der Waals surface area contributed by atoms with Crippen LogP contribution in [0.5, 0.6) is 5.75 Å². The molecule has 1 saturated carbocycles. The smallest absolute Gasteiger partial charge is 0.121 e. The molecule has 1 N–H and O–H groups in total. The molecule has 4 rings (SSSR count). The quantitative estimate of drug-likeness (QED) is 0.941. The van der Waals surface area contributed by atoms with E-state index in [2.05, 4.69) is 35.0 Å². The number of aromatic nitrogens is 2. The van der Waals surface area contributed by atoms with E-state index < -0.39 is 0 Å². The number of ether oxygens (including phenoxy) is 1. The highest BCUT2D eigenvalue weighted by atomic mass is 16.5. The van der Waals surface area contributed by atoms with E-state index in [1.165, 1.54) is 41.3 Å². The number of imidazole rings is 1. The molecule has 0 amide bonds. The van der Waals surface area contributed by atoms with Gasteiger partial charge in [0.1, 0.15) is 11.6 Å². The summed E-state index contributed by atoms with van der Waals surface area (Å²) in [6.45, 7) is 4.04. The molecule has 1 aromatic carbocycles. The molecule has 0 atom stereocenters. The third kappa shape index (κ3) is 2.14. The number of methoxy groups -OCH3 is 1. The van der Waals surface area contributed by atoms with Crippen molar-refractivity contribution in [1.82, 2.24) is 14.9 Å². The summed E-state index contributed by atoms with van der Waals surface area (Å²) in [6, 6.07) is 6.44. The number of aryl methyl sites for hydroxylation is 1. The summed E-state index contributed by atoms with van der Waals surface area (Å²) in [4.78, 5) is 4.93. The summed E-state index contributed by atoms with van der Waals surface area (Å²) in [5.74, 6) is 2.86. The second-order valence-corrected chi connectivity index (χ2v) is 6.05. The van der Waals surface area contributed by atoms with Crippen LogP contribution in [-0.4, -0.2) is 23.2 Å². The van der Waals surface area contributed by atoms with Crippen molar-refractivity contribution in [3.63, 3.8) is 0 Å². The van der Waals surface area contributed by atoms with E-state index in [0.29, 0.717) is 5.92 Å². The second-order valence-electron chi connectivity index (χ2n) is 6.05. The topological polar surface area (TPSA) is 39.1 Å². The fourth-order valence-corrected chi connectivity index (χ4v) is 3.24. The molecule has 2 aliphatic rings. The van der Waals surface area contributed by atoms with Crippen molar-refractivity contribution in [2.75, 3.05) is 13.7 Å². The first-order chi connectivity index (χ1) is 10.3. The highest BCUT2D eigenvalue weighted by Crippen LogP contribution is 2.42. The predicted molar refractivity (Wildman–Crippen MR) is 82.2 cm³/mol. The third-order valence-corrected chi connectivity index (χ3v) is 4.49. The van der Waals surface area contributed by atoms with Gasteiger partial charge in [-0.15, -0.1) is 0 Å². The molecule has 0 spiro atoms. The lowest BCUT2D eigenvalue weighted by atomic mass is 10.1. The van der Waals surface area contributed by atoms with Crippen LogP contribution in [0.2, 0.25) is 0 Å². The van der Waals surface area contributed by atoms with E-state index in [0.717, 1.165) is 25.3 Å². The number of hydrogen-bond acceptors (Lipinski definition) is 3. The van der Waals surface area contributed by atoms with Crippen LogP contribution < -0.4 is 10.1 Å². The van der Waals surface area contributed by atoms with Crippen molar-refractivity contribution in [2.24, 2.45) is 0 Å². The van der Waals surface area contributed by atoms with Crippen LogP contribution in [0.4, 0.5) is 0 Å². The van der Waals surface area contributed by atoms with Crippen molar-refractivity contribution in [1.29, 1.82) is 0 Å². The van der Waals surface area contributed by atoms with E-state index in [9.17, 15) is 0 Å². The highest BCUT2D eigenvalue weighted by Gasteiger charge is 2.32. The molecule has 110 valence electrons. The maximum absolute atomic E-state index is 5.39. The molecule has 2 aromatic rings. The minimum Gasteiger partial charge on any atom is -0.496 e. The van der Waals surface area contributed by atoms with Gasteiger partial charge in [0.2, 0.25) is 0 Å². The molecular weight excluding hydrogens is 262 g/mol. The minimum atomic E-state index is 0.651. The minimum absolute atomic E-state index is 0.651. The van der Waals surface area contributed by atoms with Crippen molar-refractivity contribution < 1.29 is 4.74 Å². The van der Waals surface area contributed by atoms with Gasteiger partial charge < -0.3 is 14.6 Å². The SMILES string of the molecule is COc1ccc(-n2c(C3CC3)nc3c2CCNC3)cc1C. The molecule has 1 aliphatic heterocycles. The Labute approximate surface area is 125 Å². The first-order valence-electron chi connectivity index (χ1n) is 7.74. The molecule has 4 nitrogen and oxygen atoms in total. The summed E-state index contributed by atoms with van der Waals surface area (Å²) in [7, 11) is 1.72. The zero-order chi connectivity index (χ0) is 14.4. The van der Waals surface area contributed by atoms with E-state index in [1.807, 2.05) is 0 Å². The molecule has 4 heteroatoms. The monoisotopic (exact) mass is 283 g/mol. The number of benzene rings is 1. The molecule has 1 aromatic heterocycles. The summed E-state index contributed by atoms with van der Waals surface area (Å²) in [5, 5.41) is 3.43. The van der Waals surface area contributed by atoms with Gasteiger partial charge in [-0.05, 0) is 43.5 Å². The largest absolute Gasteiger partial charge is 0.496 e. The van der Waals surface area contributed by atoms with E-state index in [1.54, 1.807) is 7.11 Å². The average Bonchev–Trinajstić information content (AvgIpc) is 3.27. The molecule has 0 saturated heterocycles. The number of hydrogen-bond donors (Lipinski definition) is 1. The summed E-state index contributed by atoms with van der Waals surface area (Å²) in [6.07, 6.45) is 3.61. The Balaban J connectivity index is 1.86. The number of nitrogens with one attached hydrogen (secondary N) is 1. The fraction of sp³-hybridized carbons (Fsp3) is 0.471. The van der Waals surface area contributed by atoms with Crippen LogP contribution in [0, 0.1) is 6.92 Å². The Bertz CT molecular complexity index is 686. The normalized spacial score (nSPS) is 17.6. The van der Waals surface area contributed by atoms with Gasteiger partial charge in [-0.25, -0.2) is 4.98 Å². The number of nitrogens with zero attached hydrogens (tertiary/aromatic N) is 2. The van der Waals surface area contributed by atoms with Crippen LogP contribution in [0.3, 0.4) is 0 Å². The second kappa shape index (κ2) is 4.88. The number of rotatable bonds is 3. The molecular formula is C17H21N3O. The first-order valence-corrected chi connectivity index (χ1v) is 7.74. The molecule has 21 heavy (non-hydrogen) atoms. The van der Waals surface area contributed by atoms with Gasteiger partial charge in [-0.1, -0.05) is 0 Å². The maximum atomic E-state index is 5.39. The molecule has 1 fully saturated rings. The number of fused-ring (bicyclic) bond motifs is 1.